The molecule has 5 heteroatoms. The number of nitrogens with zero attached hydrogens (tertiary/aromatic N) is 3. The molecule has 0 radical (unpaired) electrons. The van der Waals surface area contributed by atoms with Crippen LogP contribution in [0.15, 0.2) is 82.2 Å². The van der Waals surface area contributed by atoms with Gasteiger partial charge < -0.3 is 0 Å². The first-order valence-electron chi connectivity index (χ1n) is 10.2. The van der Waals surface area contributed by atoms with E-state index in [0.717, 1.165) is 46.1 Å². The van der Waals surface area contributed by atoms with Gasteiger partial charge in [-0.1, -0.05) is 58.4 Å². The zero-order valence-electron chi connectivity index (χ0n) is 16.6. The van der Waals surface area contributed by atoms with Gasteiger partial charge in [0, 0.05) is 41.3 Å². The second kappa shape index (κ2) is 8.17. The highest BCUT2D eigenvalue weighted by Gasteiger charge is 2.24. The molecule has 30 heavy (non-hydrogen) atoms. The van der Waals surface area contributed by atoms with Gasteiger partial charge in [-0.15, -0.1) is 0 Å². The Morgan fingerprint density at radius 3 is 2.43 bits per heavy atom. The van der Waals surface area contributed by atoms with E-state index in [1.807, 2.05) is 41.0 Å². The second-order valence-corrected chi connectivity index (χ2v) is 8.71. The van der Waals surface area contributed by atoms with Crippen molar-refractivity contribution < 1.29 is 0 Å². The van der Waals surface area contributed by atoms with Gasteiger partial charge >= 0.3 is 0 Å². The molecule has 0 aliphatic carbocycles. The number of aromatic nitrogens is 2. The third-order valence-electron chi connectivity index (χ3n) is 5.80. The fraction of sp³-hybridized carbons (Fsp3) is 0.200. The molecule has 0 unspecified atom stereocenters. The van der Waals surface area contributed by atoms with Crippen LogP contribution in [0.2, 0.25) is 0 Å². The maximum absolute atomic E-state index is 13.6. The van der Waals surface area contributed by atoms with Crippen molar-refractivity contribution in [1.29, 1.82) is 0 Å². The lowest BCUT2D eigenvalue weighted by Crippen LogP contribution is -2.37. The standard InChI is InChI=1S/C25H22BrN3O/c26-20-10-8-19(9-11-20)16-29-24-22(7-4-13-27-24)21-12-14-28(17-23(21)25(29)30)15-18-5-2-1-3-6-18/h1-11,13H,12,14-17H2. The minimum absolute atomic E-state index is 0.0804. The van der Waals surface area contributed by atoms with Gasteiger partial charge in [0.05, 0.1) is 6.54 Å². The van der Waals surface area contributed by atoms with Crippen LogP contribution in [-0.4, -0.2) is 21.0 Å². The predicted molar refractivity (Wildman–Crippen MR) is 124 cm³/mol. The van der Waals surface area contributed by atoms with E-state index in [2.05, 4.69) is 56.1 Å². The summed E-state index contributed by atoms with van der Waals surface area (Å²) in [7, 11) is 0. The average Bonchev–Trinajstić information content (AvgIpc) is 2.79. The van der Waals surface area contributed by atoms with Crippen LogP contribution < -0.4 is 5.56 Å². The van der Waals surface area contributed by atoms with Crippen LogP contribution in [0.1, 0.15) is 22.3 Å². The number of hydrogen-bond acceptors (Lipinski definition) is 3. The molecule has 3 heterocycles. The van der Waals surface area contributed by atoms with Gasteiger partial charge in [-0.3, -0.25) is 14.3 Å². The predicted octanol–water partition coefficient (Wildman–Crippen LogP) is 4.77. The first-order chi connectivity index (χ1) is 14.7. The minimum atomic E-state index is 0.0804. The van der Waals surface area contributed by atoms with Crippen molar-refractivity contribution >= 4 is 27.0 Å². The number of pyridine rings is 2. The Kier molecular flexibility index (Phi) is 5.23. The van der Waals surface area contributed by atoms with E-state index in [1.54, 1.807) is 6.20 Å². The highest BCUT2D eigenvalue weighted by molar-refractivity contribution is 9.10. The second-order valence-electron chi connectivity index (χ2n) is 7.80. The number of halogens is 1. The van der Waals surface area contributed by atoms with Crippen LogP contribution in [0, 0.1) is 0 Å². The van der Waals surface area contributed by atoms with Gasteiger partial charge in [-0.2, -0.15) is 0 Å². The highest BCUT2D eigenvalue weighted by atomic mass is 79.9. The molecule has 0 saturated heterocycles. The van der Waals surface area contributed by atoms with E-state index < -0.39 is 0 Å². The van der Waals surface area contributed by atoms with Gasteiger partial charge in [0.1, 0.15) is 5.65 Å². The van der Waals surface area contributed by atoms with Gasteiger partial charge in [-0.25, -0.2) is 4.98 Å². The molecule has 4 nitrogen and oxygen atoms in total. The molecule has 0 spiro atoms. The SMILES string of the molecule is O=c1c2c(c3cccnc3n1Cc1ccc(Br)cc1)CCN(Cc1ccccc1)C2. The van der Waals surface area contributed by atoms with E-state index in [0.29, 0.717) is 13.1 Å². The summed E-state index contributed by atoms with van der Waals surface area (Å²) in [6.07, 6.45) is 2.65. The maximum Gasteiger partial charge on any atom is 0.257 e. The van der Waals surface area contributed by atoms with Crippen molar-refractivity contribution in [3.63, 3.8) is 0 Å². The molecule has 0 amide bonds. The van der Waals surface area contributed by atoms with Crippen LogP contribution in [0.5, 0.6) is 0 Å². The lowest BCUT2D eigenvalue weighted by atomic mass is 9.97. The monoisotopic (exact) mass is 459 g/mol. The molecule has 150 valence electrons. The van der Waals surface area contributed by atoms with Crippen molar-refractivity contribution in [2.75, 3.05) is 6.54 Å². The Bertz CT molecular complexity index is 1250. The lowest BCUT2D eigenvalue weighted by molar-refractivity contribution is 0.244. The van der Waals surface area contributed by atoms with Crippen molar-refractivity contribution in [3.05, 3.63) is 110 Å². The molecule has 5 rings (SSSR count). The van der Waals surface area contributed by atoms with Crippen molar-refractivity contribution in [2.45, 2.75) is 26.1 Å². The van der Waals surface area contributed by atoms with E-state index in [9.17, 15) is 4.79 Å². The summed E-state index contributed by atoms with van der Waals surface area (Å²) in [6, 6.07) is 22.6. The number of rotatable bonds is 4. The van der Waals surface area contributed by atoms with Gasteiger partial charge in [0.25, 0.3) is 5.56 Å². The molecule has 0 N–H and O–H groups in total. The van der Waals surface area contributed by atoms with Crippen LogP contribution in [-0.2, 0) is 26.1 Å². The average molecular weight is 460 g/mol. The molecule has 0 fully saturated rings. The molecule has 0 saturated carbocycles. The fourth-order valence-corrected chi connectivity index (χ4v) is 4.58. The quantitative estimate of drug-likeness (QED) is 0.441. The van der Waals surface area contributed by atoms with Crippen LogP contribution in [0.4, 0.5) is 0 Å². The molecular weight excluding hydrogens is 438 g/mol. The number of hydrogen-bond donors (Lipinski definition) is 0. The molecule has 2 aromatic carbocycles. The van der Waals surface area contributed by atoms with E-state index in [-0.39, 0.29) is 5.56 Å². The molecule has 0 atom stereocenters. The summed E-state index contributed by atoms with van der Waals surface area (Å²) in [4.78, 5) is 20.5. The molecule has 0 bridgehead atoms. The Labute approximate surface area is 183 Å². The summed E-state index contributed by atoms with van der Waals surface area (Å²) in [5, 5.41) is 1.10. The Morgan fingerprint density at radius 2 is 1.63 bits per heavy atom. The van der Waals surface area contributed by atoms with Gasteiger partial charge in [0.2, 0.25) is 0 Å². The summed E-state index contributed by atoms with van der Waals surface area (Å²) >= 11 is 3.48. The van der Waals surface area contributed by atoms with Gasteiger partial charge in [-0.05, 0) is 47.4 Å². The molecule has 2 aromatic heterocycles. The van der Waals surface area contributed by atoms with Crippen molar-refractivity contribution in [3.8, 4) is 0 Å². The first kappa shape index (κ1) is 19.2. The van der Waals surface area contributed by atoms with Crippen molar-refractivity contribution in [2.24, 2.45) is 0 Å². The maximum atomic E-state index is 13.6. The van der Waals surface area contributed by atoms with Crippen LogP contribution >= 0.6 is 15.9 Å². The Balaban J connectivity index is 1.56. The van der Waals surface area contributed by atoms with E-state index in [1.165, 1.54) is 11.1 Å². The van der Waals surface area contributed by atoms with E-state index in [4.69, 9.17) is 0 Å². The van der Waals surface area contributed by atoms with E-state index >= 15 is 0 Å². The lowest BCUT2D eigenvalue weighted by Gasteiger charge is -2.30. The largest absolute Gasteiger partial charge is 0.294 e. The molecule has 4 aromatic rings. The first-order valence-corrected chi connectivity index (χ1v) is 11.0. The third-order valence-corrected chi connectivity index (χ3v) is 6.33. The minimum Gasteiger partial charge on any atom is -0.294 e. The summed E-state index contributed by atoms with van der Waals surface area (Å²) in [6.45, 7) is 3.00. The normalized spacial score (nSPS) is 14.0. The summed E-state index contributed by atoms with van der Waals surface area (Å²) < 4.78 is 2.87. The molecule has 1 aliphatic heterocycles. The summed E-state index contributed by atoms with van der Waals surface area (Å²) in [5.74, 6) is 0. The Morgan fingerprint density at radius 1 is 0.867 bits per heavy atom. The van der Waals surface area contributed by atoms with Gasteiger partial charge in [0.15, 0.2) is 0 Å². The fourth-order valence-electron chi connectivity index (χ4n) is 4.32. The smallest absolute Gasteiger partial charge is 0.257 e. The topological polar surface area (TPSA) is 38.1 Å². The highest BCUT2D eigenvalue weighted by Crippen LogP contribution is 2.25. The third kappa shape index (κ3) is 3.71. The molecular formula is C25H22BrN3O. The number of fused-ring (bicyclic) bond motifs is 3. The zero-order valence-corrected chi connectivity index (χ0v) is 18.2. The Hall–Kier alpha value is -2.76. The number of benzene rings is 2. The van der Waals surface area contributed by atoms with Crippen molar-refractivity contribution in [1.82, 2.24) is 14.5 Å². The molecule has 1 aliphatic rings. The van der Waals surface area contributed by atoms with Crippen LogP contribution in [0.3, 0.4) is 0 Å². The summed E-state index contributed by atoms with van der Waals surface area (Å²) in [5.41, 5.74) is 5.30. The van der Waals surface area contributed by atoms with Crippen LogP contribution in [0.25, 0.3) is 11.0 Å². The zero-order chi connectivity index (χ0) is 20.5.